The summed E-state index contributed by atoms with van der Waals surface area (Å²) in [5.41, 5.74) is 6.09. The molecule has 0 fully saturated rings. The number of hydrogen-bond donors (Lipinski definition) is 1. The lowest BCUT2D eigenvalue weighted by molar-refractivity contribution is 0.174. The van der Waals surface area contributed by atoms with Gasteiger partial charge in [0, 0.05) is 17.3 Å². The quantitative estimate of drug-likeness (QED) is 0.702. The summed E-state index contributed by atoms with van der Waals surface area (Å²) in [6.07, 6.45) is 0. The van der Waals surface area contributed by atoms with Gasteiger partial charge in [-0.25, -0.2) is 8.42 Å². The van der Waals surface area contributed by atoms with Crippen LogP contribution in [-0.2, 0) is 10.0 Å². The van der Waals surface area contributed by atoms with Gasteiger partial charge in [-0.2, -0.15) is 3.97 Å². The molecule has 0 saturated carbocycles. The van der Waals surface area contributed by atoms with Gasteiger partial charge in [0.25, 0.3) is 15.6 Å². The highest BCUT2D eigenvalue weighted by atomic mass is 32.2. The van der Waals surface area contributed by atoms with Crippen molar-refractivity contribution in [2.45, 2.75) is 11.8 Å². The monoisotopic (exact) mass is 358 g/mol. The van der Waals surface area contributed by atoms with Gasteiger partial charge >= 0.3 is 0 Å². The first-order valence-electron chi connectivity index (χ1n) is 7.45. The summed E-state index contributed by atoms with van der Waals surface area (Å²) in [6, 6.07) is 10.7. The Kier molecular flexibility index (Phi) is 3.26. The molecule has 2 aromatic carbocycles. The molecule has 0 spiro atoms. The van der Waals surface area contributed by atoms with E-state index in [-0.39, 0.29) is 17.2 Å². The van der Waals surface area contributed by atoms with Gasteiger partial charge in [-0.15, -0.1) is 0 Å². The van der Waals surface area contributed by atoms with Crippen molar-refractivity contribution in [2.75, 3.05) is 12.5 Å². The number of nitrogens with two attached hydrogens (primary N) is 1. The number of pyridine rings is 1. The molecule has 25 heavy (non-hydrogen) atoms. The third-order valence-electron chi connectivity index (χ3n) is 4.05. The van der Waals surface area contributed by atoms with Gasteiger partial charge in [0.2, 0.25) is 6.79 Å². The van der Waals surface area contributed by atoms with Gasteiger partial charge in [-0.05, 0) is 42.6 Å². The van der Waals surface area contributed by atoms with E-state index in [2.05, 4.69) is 0 Å². The summed E-state index contributed by atoms with van der Waals surface area (Å²) in [6.45, 7) is 1.60. The molecule has 0 saturated heterocycles. The van der Waals surface area contributed by atoms with Crippen LogP contribution in [0.4, 0.5) is 5.69 Å². The molecule has 1 aliphatic rings. The molecule has 3 aromatic rings. The van der Waals surface area contributed by atoms with Crippen LogP contribution in [0, 0.1) is 6.92 Å². The fraction of sp³-hybridized carbons (Fsp3) is 0.118. The molecule has 0 unspecified atom stereocenters. The van der Waals surface area contributed by atoms with Crippen LogP contribution in [0.1, 0.15) is 5.56 Å². The van der Waals surface area contributed by atoms with E-state index in [4.69, 9.17) is 15.2 Å². The number of hydrogen-bond acceptors (Lipinski definition) is 6. The van der Waals surface area contributed by atoms with Crippen LogP contribution in [-0.4, -0.2) is 19.2 Å². The highest BCUT2D eigenvalue weighted by Crippen LogP contribution is 2.34. The molecular formula is C17H14N2O5S. The van der Waals surface area contributed by atoms with Crippen LogP contribution in [0.15, 0.2) is 52.2 Å². The lowest BCUT2D eigenvalue weighted by atomic mass is 10.1. The zero-order chi connectivity index (χ0) is 17.8. The Hall–Kier alpha value is -3.00. The smallest absolute Gasteiger partial charge is 0.271 e. The Labute approximate surface area is 143 Å². The predicted octanol–water partition coefficient (Wildman–Crippen LogP) is 1.86. The van der Waals surface area contributed by atoms with E-state index in [1.807, 2.05) is 0 Å². The second-order valence-electron chi connectivity index (χ2n) is 5.74. The molecule has 1 aliphatic heterocycles. The van der Waals surface area contributed by atoms with Crippen LogP contribution in [0.3, 0.4) is 0 Å². The normalized spacial score (nSPS) is 13.3. The summed E-state index contributed by atoms with van der Waals surface area (Å²) in [7, 11) is -4.14. The fourth-order valence-corrected chi connectivity index (χ4v) is 4.29. The van der Waals surface area contributed by atoms with Gasteiger partial charge in [0.05, 0.1) is 10.4 Å². The standard InChI is InChI=1S/C17H14N2O5S/c1-10-6-11-2-3-12(18)7-14(11)19(17(10)20)25(21,22)13-4-5-15-16(8-13)24-9-23-15/h2-8H,9,18H2,1H3. The zero-order valence-electron chi connectivity index (χ0n) is 13.2. The average molecular weight is 358 g/mol. The van der Waals surface area contributed by atoms with Crippen LogP contribution in [0.2, 0.25) is 0 Å². The van der Waals surface area contributed by atoms with Crippen molar-refractivity contribution in [3.8, 4) is 11.5 Å². The Bertz CT molecular complexity index is 1180. The number of fused-ring (bicyclic) bond motifs is 2. The number of rotatable bonds is 2. The van der Waals surface area contributed by atoms with E-state index in [0.717, 1.165) is 3.97 Å². The van der Waals surface area contributed by atoms with Crippen LogP contribution < -0.4 is 20.8 Å². The number of aromatic nitrogens is 1. The molecule has 8 heteroatoms. The third-order valence-corrected chi connectivity index (χ3v) is 5.74. The Morgan fingerprint density at radius 2 is 1.80 bits per heavy atom. The van der Waals surface area contributed by atoms with Crippen molar-refractivity contribution >= 4 is 26.6 Å². The first-order chi connectivity index (χ1) is 11.9. The molecule has 2 N–H and O–H groups in total. The number of aryl methyl sites for hydroxylation is 1. The first kappa shape index (κ1) is 15.5. The molecule has 0 amide bonds. The third kappa shape index (κ3) is 2.33. The van der Waals surface area contributed by atoms with Crippen LogP contribution in [0.5, 0.6) is 11.5 Å². The predicted molar refractivity (Wildman–Crippen MR) is 92.5 cm³/mol. The second-order valence-corrected chi connectivity index (χ2v) is 7.52. The van der Waals surface area contributed by atoms with Crippen molar-refractivity contribution in [1.82, 2.24) is 3.97 Å². The largest absolute Gasteiger partial charge is 0.454 e. The maximum Gasteiger partial charge on any atom is 0.271 e. The van der Waals surface area contributed by atoms with E-state index in [9.17, 15) is 13.2 Å². The van der Waals surface area contributed by atoms with Gasteiger partial charge < -0.3 is 15.2 Å². The minimum absolute atomic E-state index is 0.0304. The first-order valence-corrected chi connectivity index (χ1v) is 8.89. The zero-order valence-corrected chi connectivity index (χ0v) is 14.0. The number of anilines is 1. The number of nitrogen functional groups attached to an aromatic ring is 1. The van der Waals surface area contributed by atoms with E-state index in [0.29, 0.717) is 28.1 Å². The molecule has 1 aromatic heterocycles. The van der Waals surface area contributed by atoms with Gasteiger partial charge in [-0.3, -0.25) is 4.79 Å². The number of benzene rings is 2. The van der Waals surface area contributed by atoms with Crippen molar-refractivity contribution in [1.29, 1.82) is 0 Å². The van der Waals surface area contributed by atoms with Crippen LogP contribution in [0.25, 0.3) is 10.9 Å². The highest BCUT2D eigenvalue weighted by molar-refractivity contribution is 7.90. The lowest BCUT2D eigenvalue weighted by Gasteiger charge is -2.13. The van der Waals surface area contributed by atoms with E-state index in [1.54, 1.807) is 25.1 Å². The molecule has 0 atom stereocenters. The highest BCUT2D eigenvalue weighted by Gasteiger charge is 2.25. The SMILES string of the molecule is Cc1cc2ccc(N)cc2n(S(=O)(=O)c2ccc3c(c2)OCO3)c1=O. The molecule has 2 heterocycles. The molecule has 7 nitrogen and oxygen atoms in total. The Morgan fingerprint density at radius 1 is 1.04 bits per heavy atom. The Morgan fingerprint density at radius 3 is 2.60 bits per heavy atom. The average Bonchev–Trinajstić information content (AvgIpc) is 3.04. The number of nitrogens with zero attached hydrogens (tertiary/aromatic N) is 1. The summed E-state index contributed by atoms with van der Waals surface area (Å²) in [5.74, 6) is 0.787. The summed E-state index contributed by atoms with van der Waals surface area (Å²) >= 11 is 0. The summed E-state index contributed by atoms with van der Waals surface area (Å²) < 4.78 is 37.5. The molecule has 0 aliphatic carbocycles. The number of ether oxygens (including phenoxy) is 2. The molecule has 0 bridgehead atoms. The Balaban J connectivity index is 2.04. The van der Waals surface area contributed by atoms with E-state index < -0.39 is 15.6 Å². The summed E-state index contributed by atoms with van der Waals surface area (Å²) in [5, 5.41) is 0.607. The van der Waals surface area contributed by atoms with Crippen molar-refractivity contribution in [3.05, 3.63) is 58.4 Å². The van der Waals surface area contributed by atoms with E-state index in [1.165, 1.54) is 24.3 Å². The molecule has 128 valence electrons. The van der Waals surface area contributed by atoms with Gasteiger partial charge in [0.15, 0.2) is 11.5 Å². The van der Waals surface area contributed by atoms with E-state index >= 15 is 0 Å². The fourth-order valence-electron chi connectivity index (χ4n) is 2.80. The topological polar surface area (TPSA) is 101 Å². The second kappa shape index (κ2) is 5.25. The summed E-state index contributed by atoms with van der Waals surface area (Å²) in [4.78, 5) is 12.6. The molecule has 0 radical (unpaired) electrons. The minimum atomic E-state index is -4.14. The van der Waals surface area contributed by atoms with Crippen molar-refractivity contribution in [3.63, 3.8) is 0 Å². The molecule has 4 rings (SSSR count). The molecular weight excluding hydrogens is 344 g/mol. The maximum atomic E-state index is 13.2. The van der Waals surface area contributed by atoms with Crippen molar-refractivity contribution < 1.29 is 17.9 Å². The van der Waals surface area contributed by atoms with Gasteiger partial charge in [-0.1, -0.05) is 6.07 Å². The van der Waals surface area contributed by atoms with Crippen molar-refractivity contribution in [2.24, 2.45) is 0 Å². The van der Waals surface area contributed by atoms with Crippen LogP contribution >= 0.6 is 0 Å². The minimum Gasteiger partial charge on any atom is -0.454 e. The lowest BCUT2D eigenvalue weighted by Crippen LogP contribution is -2.29. The maximum absolute atomic E-state index is 13.2. The van der Waals surface area contributed by atoms with Gasteiger partial charge in [0.1, 0.15) is 0 Å².